The van der Waals surface area contributed by atoms with E-state index in [0.29, 0.717) is 29.3 Å². The van der Waals surface area contributed by atoms with Crippen LogP contribution in [0.4, 0.5) is 13.2 Å². The van der Waals surface area contributed by atoms with Gasteiger partial charge in [-0.1, -0.05) is 0 Å². The van der Waals surface area contributed by atoms with Gasteiger partial charge in [-0.05, 0) is 32.9 Å². The van der Waals surface area contributed by atoms with Crippen LogP contribution in [0.3, 0.4) is 0 Å². The van der Waals surface area contributed by atoms with E-state index in [9.17, 15) is 18.0 Å². The maximum atomic E-state index is 12.7. The van der Waals surface area contributed by atoms with Crippen LogP contribution in [0, 0.1) is 13.8 Å². The zero-order valence-electron chi connectivity index (χ0n) is 16.2. The second-order valence-electron chi connectivity index (χ2n) is 6.45. The molecule has 3 rings (SSSR count). The summed E-state index contributed by atoms with van der Waals surface area (Å²) in [4.78, 5) is 16.2. The van der Waals surface area contributed by atoms with Crippen molar-refractivity contribution in [3.05, 3.63) is 53.0 Å². The first kappa shape index (κ1) is 20.5. The summed E-state index contributed by atoms with van der Waals surface area (Å²) < 4.78 is 41.4. The van der Waals surface area contributed by atoms with Crippen molar-refractivity contribution < 1.29 is 18.0 Å². The first-order chi connectivity index (χ1) is 13.7. The van der Waals surface area contributed by atoms with E-state index in [1.54, 1.807) is 20.2 Å². The summed E-state index contributed by atoms with van der Waals surface area (Å²) in [5.74, 6) is 0.682. The highest BCUT2D eigenvalue weighted by Crippen LogP contribution is 2.29. The standard InChI is InChI=1S/C18H20F3N7O/c1-4-27-10-24-25-16(27)9-23-17(29)7-14-11(2)26-28(12(14)3)15-6-5-13(8-22-15)18(19,20)21/h5-6,8,10H,4,7,9H2,1-3H3,(H,23,29). The van der Waals surface area contributed by atoms with Crippen molar-refractivity contribution in [2.24, 2.45) is 0 Å². The number of pyridine rings is 1. The van der Waals surface area contributed by atoms with Gasteiger partial charge in [0.25, 0.3) is 0 Å². The fraction of sp³-hybridized carbons (Fsp3) is 0.389. The molecule has 0 radical (unpaired) electrons. The molecule has 0 aliphatic rings. The summed E-state index contributed by atoms with van der Waals surface area (Å²) in [5, 5.41) is 14.9. The van der Waals surface area contributed by atoms with Crippen LogP contribution >= 0.6 is 0 Å². The van der Waals surface area contributed by atoms with Crippen molar-refractivity contribution in [1.29, 1.82) is 0 Å². The molecule has 0 aliphatic heterocycles. The van der Waals surface area contributed by atoms with Gasteiger partial charge in [-0.15, -0.1) is 10.2 Å². The molecule has 0 spiro atoms. The minimum absolute atomic E-state index is 0.0819. The van der Waals surface area contributed by atoms with Crippen LogP contribution in [0.1, 0.15) is 35.3 Å². The highest BCUT2D eigenvalue weighted by atomic mass is 19.4. The normalized spacial score (nSPS) is 11.7. The molecule has 3 aromatic rings. The number of carbonyl (C=O) groups is 1. The van der Waals surface area contributed by atoms with E-state index in [1.807, 2.05) is 11.5 Å². The van der Waals surface area contributed by atoms with Crippen LogP contribution in [-0.2, 0) is 30.5 Å². The van der Waals surface area contributed by atoms with Gasteiger partial charge in [0.2, 0.25) is 5.91 Å². The van der Waals surface area contributed by atoms with E-state index in [0.717, 1.165) is 12.3 Å². The number of alkyl halides is 3. The first-order valence-electron chi connectivity index (χ1n) is 8.92. The SMILES string of the molecule is CCn1cnnc1CNC(=O)Cc1c(C)nn(-c2ccc(C(F)(F)F)cn2)c1C. The Balaban J connectivity index is 1.73. The van der Waals surface area contributed by atoms with Gasteiger partial charge < -0.3 is 9.88 Å². The third-order valence-electron chi connectivity index (χ3n) is 4.55. The molecule has 0 saturated heterocycles. The Kier molecular flexibility index (Phi) is 5.66. The number of nitrogens with zero attached hydrogens (tertiary/aromatic N) is 6. The Hall–Kier alpha value is -3.24. The molecule has 1 N–H and O–H groups in total. The smallest absolute Gasteiger partial charge is 0.349 e. The molecule has 3 heterocycles. The highest BCUT2D eigenvalue weighted by Gasteiger charge is 2.30. The topological polar surface area (TPSA) is 90.5 Å². The van der Waals surface area contributed by atoms with E-state index in [-0.39, 0.29) is 24.7 Å². The molecule has 0 saturated carbocycles. The van der Waals surface area contributed by atoms with E-state index < -0.39 is 11.7 Å². The summed E-state index contributed by atoms with van der Waals surface area (Å²) in [7, 11) is 0. The Morgan fingerprint density at radius 1 is 1.24 bits per heavy atom. The van der Waals surface area contributed by atoms with E-state index >= 15 is 0 Å². The number of rotatable bonds is 6. The summed E-state index contributed by atoms with van der Waals surface area (Å²) in [6, 6.07) is 2.21. The second kappa shape index (κ2) is 8.02. The predicted molar refractivity (Wildman–Crippen MR) is 97.1 cm³/mol. The molecule has 8 nitrogen and oxygen atoms in total. The van der Waals surface area contributed by atoms with Gasteiger partial charge in [0.05, 0.1) is 24.2 Å². The van der Waals surface area contributed by atoms with Gasteiger partial charge in [0, 0.05) is 24.0 Å². The van der Waals surface area contributed by atoms with Crippen molar-refractivity contribution in [3.8, 4) is 5.82 Å². The molecule has 0 fully saturated rings. The van der Waals surface area contributed by atoms with Crippen molar-refractivity contribution in [2.45, 2.75) is 46.5 Å². The first-order valence-corrected chi connectivity index (χ1v) is 8.92. The Labute approximate surface area is 164 Å². The van der Waals surface area contributed by atoms with Gasteiger partial charge in [-0.3, -0.25) is 4.79 Å². The monoisotopic (exact) mass is 407 g/mol. The quantitative estimate of drug-likeness (QED) is 0.678. The number of aryl methyl sites for hydroxylation is 2. The molecule has 29 heavy (non-hydrogen) atoms. The molecular formula is C18H20F3N7O. The largest absolute Gasteiger partial charge is 0.417 e. The lowest BCUT2D eigenvalue weighted by molar-refractivity contribution is -0.137. The number of nitrogens with one attached hydrogen (secondary N) is 1. The molecule has 0 unspecified atom stereocenters. The van der Waals surface area contributed by atoms with Crippen molar-refractivity contribution in [1.82, 2.24) is 34.8 Å². The summed E-state index contributed by atoms with van der Waals surface area (Å²) in [6.07, 6.45) is -2.01. The zero-order valence-corrected chi connectivity index (χ0v) is 16.2. The maximum Gasteiger partial charge on any atom is 0.417 e. The van der Waals surface area contributed by atoms with Crippen LogP contribution in [-0.4, -0.2) is 35.4 Å². The predicted octanol–water partition coefficient (Wildman–Crippen LogP) is 2.37. The maximum absolute atomic E-state index is 12.7. The van der Waals surface area contributed by atoms with E-state index in [2.05, 4.69) is 25.6 Å². The van der Waals surface area contributed by atoms with E-state index in [4.69, 9.17) is 0 Å². The minimum Gasteiger partial charge on any atom is -0.349 e. The summed E-state index contributed by atoms with van der Waals surface area (Å²) in [5.41, 5.74) is 1.11. The third-order valence-corrected chi connectivity index (χ3v) is 4.55. The zero-order chi connectivity index (χ0) is 21.2. The van der Waals surface area contributed by atoms with Crippen molar-refractivity contribution >= 4 is 5.91 Å². The summed E-state index contributed by atoms with van der Waals surface area (Å²) >= 11 is 0. The lowest BCUT2D eigenvalue weighted by Crippen LogP contribution is -2.26. The molecule has 0 aromatic carbocycles. The molecule has 0 atom stereocenters. The fourth-order valence-corrected chi connectivity index (χ4v) is 2.91. The van der Waals surface area contributed by atoms with Crippen LogP contribution in [0.5, 0.6) is 0 Å². The van der Waals surface area contributed by atoms with Crippen molar-refractivity contribution in [2.75, 3.05) is 0 Å². The number of aromatic nitrogens is 6. The van der Waals surface area contributed by atoms with E-state index in [1.165, 1.54) is 10.7 Å². The highest BCUT2D eigenvalue weighted by molar-refractivity contribution is 5.79. The van der Waals surface area contributed by atoms with Gasteiger partial charge in [0.1, 0.15) is 6.33 Å². The summed E-state index contributed by atoms with van der Waals surface area (Å²) in [6.45, 7) is 6.38. The lowest BCUT2D eigenvalue weighted by Gasteiger charge is -2.08. The number of carbonyl (C=O) groups excluding carboxylic acids is 1. The number of hydrogen-bond donors (Lipinski definition) is 1. The Bertz CT molecular complexity index is 1010. The average molecular weight is 407 g/mol. The molecular weight excluding hydrogens is 387 g/mol. The lowest BCUT2D eigenvalue weighted by atomic mass is 10.1. The molecule has 11 heteroatoms. The molecule has 0 aliphatic carbocycles. The van der Waals surface area contributed by atoms with Crippen LogP contribution < -0.4 is 5.32 Å². The van der Waals surface area contributed by atoms with Gasteiger partial charge >= 0.3 is 6.18 Å². The van der Waals surface area contributed by atoms with Crippen LogP contribution in [0.2, 0.25) is 0 Å². The Morgan fingerprint density at radius 2 is 2.00 bits per heavy atom. The van der Waals surface area contributed by atoms with Gasteiger partial charge in [-0.2, -0.15) is 18.3 Å². The minimum atomic E-state index is -4.45. The third kappa shape index (κ3) is 4.44. The number of halogens is 3. The molecule has 0 bridgehead atoms. The van der Waals surface area contributed by atoms with Gasteiger partial charge in [0.15, 0.2) is 11.6 Å². The Morgan fingerprint density at radius 3 is 2.62 bits per heavy atom. The molecule has 3 aromatic heterocycles. The van der Waals surface area contributed by atoms with Gasteiger partial charge in [-0.25, -0.2) is 9.67 Å². The van der Waals surface area contributed by atoms with Crippen molar-refractivity contribution in [3.63, 3.8) is 0 Å². The number of amides is 1. The fourth-order valence-electron chi connectivity index (χ4n) is 2.91. The van der Waals surface area contributed by atoms with Crippen LogP contribution in [0.25, 0.3) is 5.82 Å². The average Bonchev–Trinajstić information content (AvgIpc) is 3.25. The molecule has 1 amide bonds. The molecule has 154 valence electrons. The van der Waals surface area contributed by atoms with Crippen LogP contribution in [0.15, 0.2) is 24.7 Å². The number of hydrogen-bond acceptors (Lipinski definition) is 5. The second-order valence-corrected chi connectivity index (χ2v) is 6.45.